The van der Waals surface area contributed by atoms with Crippen molar-refractivity contribution >= 4 is 6.92 Å². The third-order valence-corrected chi connectivity index (χ3v) is 2.15. The normalized spacial score (nSPS) is 18.3. The second-order valence-corrected chi connectivity index (χ2v) is 3.13. The van der Waals surface area contributed by atoms with Crippen molar-refractivity contribution in [2.75, 3.05) is 6.61 Å². The molecule has 0 unspecified atom stereocenters. The number of rotatable bonds is 4. The van der Waals surface area contributed by atoms with Crippen molar-refractivity contribution in [2.24, 2.45) is 0 Å². The molecule has 0 aromatic carbocycles. The van der Waals surface area contributed by atoms with Crippen LogP contribution in [0.3, 0.4) is 0 Å². The van der Waals surface area contributed by atoms with Gasteiger partial charge in [-0.3, -0.25) is 0 Å². The summed E-state index contributed by atoms with van der Waals surface area (Å²) in [7, 11) is 0. The van der Waals surface area contributed by atoms with Crippen LogP contribution in [0, 0.1) is 0 Å². The molecule has 0 aliphatic carbocycles. The molecular weight excluding hydrogens is 123 g/mol. The van der Waals surface area contributed by atoms with Gasteiger partial charge in [0.2, 0.25) is 0 Å². The first kappa shape index (κ1) is 8.12. The second kappa shape index (κ2) is 4.78. The molecule has 1 heterocycles. The monoisotopic (exact) mass is 140 g/mol. The van der Waals surface area contributed by atoms with E-state index < -0.39 is 0 Å². The Hall–Kier alpha value is 0.0249. The first-order valence-electron chi connectivity index (χ1n) is 4.55. The van der Waals surface area contributed by atoms with Crippen molar-refractivity contribution < 1.29 is 4.65 Å². The van der Waals surface area contributed by atoms with E-state index in [0.717, 1.165) is 6.61 Å². The van der Waals surface area contributed by atoms with Gasteiger partial charge in [0.1, 0.15) is 0 Å². The molecule has 0 atom stereocenters. The summed E-state index contributed by atoms with van der Waals surface area (Å²) in [4.78, 5) is 0. The molecule has 0 saturated carbocycles. The molecule has 0 amide bonds. The Balaban J connectivity index is 1.91. The summed E-state index contributed by atoms with van der Waals surface area (Å²) in [6.07, 6.45) is 7.88. The molecule has 2 heteroatoms. The third-order valence-electron chi connectivity index (χ3n) is 2.15. The highest BCUT2D eigenvalue weighted by Crippen LogP contribution is 2.19. The summed E-state index contributed by atoms with van der Waals surface area (Å²) < 4.78 is 5.64. The van der Waals surface area contributed by atoms with E-state index in [1.54, 1.807) is 0 Å². The first-order valence-corrected chi connectivity index (χ1v) is 4.55. The zero-order valence-corrected chi connectivity index (χ0v) is 6.94. The molecule has 0 spiro atoms. The molecule has 1 fully saturated rings. The Labute approximate surface area is 64.3 Å². The van der Waals surface area contributed by atoms with Gasteiger partial charge in [0.05, 0.1) is 0 Å². The van der Waals surface area contributed by atoms with Crippen molar-refractivity contribution in [3.05, 3.63) is 0 Å². The van der Waals surface area contributed by atoms with Gasteiger partial charge in [-0.05, 0) is 19.1 Å². The van der Waals surface area contributed by atoms with Gasteiger partial charge in [0.25, 0.3) is 6.92 Å². The molecule has 1 aliphatic rings. The van der Waals surface area contributed by atoms with Crippen LogP contribution < -0.4 is 0 Å². The minimum Gasteiger partial charge on any atom is -0.436 e. The standard InChI is InChI=1S/C8H17BO/c1-2-3-8-10-9-6-4-5-7-9/h2-8H2,1H3. The molecule has 1 aliphatic heterocycles. The fraction of sp³-hybridized carbons (Fsp3) is 1.00. The topological polar surface area (TPSA) is 9.23 Å². The van der Waals surface area contributed by atoms with Gasteiger partial charge in [0.15, 0.2) is 0 Å². The van der Waals surface area contributed by atoms with Crippen LogP contribution in [0.2, 0.25) is 12.6 Å². The fourth-order valence-corrected chi connectivity index (χ4v) is 1.45. The minimum atomic E-state index is 0.617. The van der Waals surface area contributed by atoms with E-state index in [1.807, 2.05) is 0 Å². The summed E-state index contributed by atoms with van der Waals surface area (Å²) in [6.45, 7) is 3.81. The maximum Gasteiger partial charge on any atom is 0.293 e. The Morgan fingerprint density at radius 1 is 1.30 bits per heavy atom. The maximum absolute atomic E-state index is 5.64. The quantitative estimate of drug-likeness (QED) is 0.430. The van der Waals surface area contributed by atoms with E-state index in [9.17, 15) is 0 Å². The second-order valence-electron chi connectivity index (χ2n) is 3.13. The van der Waals surface area contributed by atoms with Crippen LogP contribution in [0.4, 0.5) is 0 Å². The van der Waals surface area contributed by atoms with Crippen molar-refractivity contribution in [3.63, 3.8) is 0 Å². The van der Waals surface area contributed by atoms with Gasteiger partial charge in [-0.15, -0.1) is 0 Å². The lowest BCUT2D eigenvalue weighted by Gasteiger charge is -2.05. The van der Waals surface area contributed by atoms with E-state index in [-0.39, 0.29) is 0 Å². The largest absolute Gasteiger partial charge is 0.436 e. The van der Waals surface area contributed by atoms with Crippen LogP contribution in [0.15, 0.2) is 0 Å². The van der Waals surface area contributed by atoms with Crippen molar-refractivity contribution in [1.29, 1.82) is 0 Å². The highest BCUT2D eigenvalue weighted by Gasteiger charge is 2.19. The maximum atomic E-state index is 5.64. The van der Waals surface area contributed by atoms with Crippen LogP contribution >= 0.6 is 0 Å². The third kappa shape index (κ3) is 2.74. The predicted molar refractivity (Wildman–Crippen MR) is 45.5 cm³/mol. The van der Waals surface area contributed by atoms with Crippen LogP contribution in [0.1, 0.15) is 32.6 Å². The number of hydrogen-bond donors (Lipinski definition) is 0. The smallest absolute Gasteiger partial charge is 0.293 e. The van der Waals surface area contributed by atoms with E-state index in [1.165, 1.54) is 38.3 Å². The van der Waals surface area contributed by atoms with Crippen LogP contribution in [-0.2, 0) is 4.65 Å². The number of unbranched alkanes of at least 4 members (excludes halogenated alkanes) is 1. The van der Waals surface area contributed by atoms with Crippen molar-refractivity contribution in [3.8, 4) is 0 Å². The Morgan fingerprint density at radius 3 is 2.60 bits per heavy atom. The molecule has 0 N–H and O–H groups in total. The summed E-state index contributed by atoms with van der Waals surface area (Å²) >= 11 is 0. The van der Waals surface area contributed by atoms with Gasteiger partial charge in [-0.25, -0.2) is 0 Å². The van der Waals surface area contributed by atoms with Crippen molar-refractivity contribution in [1.82, 2.24) is 0 Å². The van der Waals surface area contributed by atoms with Gasteiger partial charge in [-0.2, -0.15) is 0 Å². The zero-order chi connectivity index (χ0) is 7.23. The minimum absolute atomic E-state index is 0.617. The summed E-state index contributed by atoms with van der Waals surface area (Å²) in [6, 6.07) is 0. The predicted octanol–water partition coefficient (Wildman–Crippen LogP) is 2.59. The molecule has 10 heavy (non-hydrogen) atoms. The van der Waals surface area contributed by atoms with Crippen LogP contribution in [0.5, 0.6) is 0 Å². The van der Waals surface area contributed by atoms with Gasteiger partial charge >= 0.3 is 0 Å². The van der Waals surface area contributed by atoms with Gasteiger partial charge in [-0.1, -0.05) is 26.2 Å². The van der Waals surface area contributed by atoms with E-state index in [2.05, 4.69) is 6.92 Å². The zero-order valence-electron chi connectivity index (χ0n) is 6.94. The summed E-state index contributed by atoms with van der Waals surface area (Å²) in [5.74, 6) is 0. The van der Waals surface area contributed by atoms with Crippen LogP contribution in [-0.4, -0.2) is 13.5 Å². The average Bonchev–Trinajstić information content (AvgIpc) is 2.41. The lowest BCUT2D eigenvalue weighted by atomic mass is 9.66. The lowest BCUT2D eigenvalue weighted by molar-refractivity contribution is 0.313. The van der Waals surface area contributed by atoms with Gasteiger partial charge < -0.3 is 4.65 Å². The Morgan fingerprint density at radius 2 is 2.00 bits per heavy atom. The lowest BCUT2D eigenvalue weighted by Crippen LogP contribution is -2.12. The Kier molecular flexibility index (Phi) is 3.88. The average molecular weight is 140 g/mol. The van der Waals surface area contributed by atoms with Crippen LogP contribution in [0.25, 0.3) is 0 Å². The first-order chi connectivity index (χ1) is 4.93. The van der Waals surface area contributed by atoms with E-state index in [4.69, 9.17) is 4.65 Å². The molecule has 0 radical (unpaired) electrons. The molecule has 0 bridgehead atoms. The van der Waals surface area contributed by atoms with Gasteiger partial charge in [0, 0.05) is 6.61 Å². The Bertz CT molecular complexity index is 79.3. The fourth-order valence-electron chi connectivity index (χ4n) is 1.45. The highest BCUT2D eigenvalue weighted by molar-refractivity contribution is 6.52. The molecule has 1 nitrogen and oxygen atoms in total. The summed E-state index contributed by atoms with van der Waals surface area (Å²) in [5.41, 5.74) is 0. The SMILES string of the molecule is CCCCOB1CCCC1. The molecule has 0 aromatic rings. The molecule has 58 valence electrons. The molecular formula is C8H17BO. The number of hydrogen-bond acceptors (Lipinski definition) is 1. The highest BCUT2D eigenvalue weighted by atomic mass is 16.4. The summed E-state index contributed by atoms with van der Waals surface area (Å²) in [5, 5.41) is 0. The van der Waals surface area contributed by atoms with E-state index in [0.29, 0.717) is 6.92 Å². The van der Waals surface area contributed by atoms with E-state index >= 15 is 0 Å². The molecule has 1 saturated heterocycles. The van der Waals surface area contributed by atoms with Crippen molar-refractivity contribution in [2.45, 2.75) is 45.2 Å². The molecule has 1 rings (SSSR count). The molecule has 0 aromatic heterocycles.